The number of ether oxygens (including phenoxy) is 1. The lowest BCUT2D eigenvalue weighted by molar-refractivity contribution is -0.135. The van der Waals surface area contributed by atoms with Gasteiger partial charge in [-0.3, -0.25) is 20.3 Å². The fraction of sp³-hybridized carbons (Fsp3) is 0.688. The van der Waals surface area contributed by atoms with E-state index in [4.69, 9.17) is 16.3 Å². The molecule has 0 radical (unpaired) electrons. The second-order valence-corrected chi connectivity index (χ2v) is 14.9. The molecule has 1 aliphatic carbocycles. The van der Waals surface area contributed by atoms with Crippen LogP contribution < -0.4 is 16.0 Å². The molecule has 1 spiro atoms. The van der Waals surface area contributed by atoms with Crippen molar-refractivity contribution in [2.24, 2.45) is 11.8 Å². The molecule has 1 amide bonds. The molecule has 230 valence electrons. The number of hydrogen-bond donors (Lipinski definition) is 3. The van der Waals surface area contributed by atoms with E-state index in [0.29, 0.717) is 38.0 Å². The number of benzene rings is 1. The van der Waals surface area contributed by atoms with E-state index in [1.165, 1.54) is 17.2 Å². The van der Waals surface area contributed by atoms with Crippen LogP contribution in [0, 0.1) is 23.2 Å². The number of hydrogen-bond acceptors (Lipinski definition) is 8. The zero-order valence-corrected chi connectivity index (χ0v) is 26.6. The van der Waals surface area contributed by atoms with Gasteiger partial charge in [0.1, 0.15) is 4.71 Å². The molecule has 3 fully saturated rings. The molecule has 5 rings (SSSR count). The zero-order chi connectivity index (χ0) is 29.7. The average Bonchev–Trinajstić information content (AvgIpc) is 2.99. The van der Waals surface area contributed by atoms with Gasteiger partial charge in [-0.05, 0) is 75.2 Å². The topological polar surface area (TPSA) is 92.7 Å². The monoisotopic (exact) mass is 614 g/mol. The minimum atomic E-state index is -0.256. The number of carbonyl (C=O) groups is 1. The number of nitriles is 1. The first-order valence-corrected chi connectivity index (χ1v) is 16.9. The second-order valence-electron chi connectivity index (χ2n) is 12.6. The van der Waals surface area contributed by atoms with Crippen LogP contribution in [0.5, 0.6) is 0 Å². The van der Waals surface area contributed by atoms with Crippen molar-refractivity contribution in [1.29, 1.82) is 5.26 Å². The van der Waals surface area contributed by atoms with Crippen LogP contribution in [-0.2, 0) is 16.0 Å². The molecule has 3 heterocycles. The quantitative estimate of drug-likeness (QED) is 0.205. The number of piperazine rings is 1. The Morgan fingerprint density at radius 2 is 2.21 bits per heavy atom. The van der Waals surface area contributed by atoms with Gasteiger partial charge in [0.15, 0.2) is 6.35 Å². The van der Waals surface area contributed by atoms with Crippen molar-refractivity contribution in [3.63, 3.8) is 0 Å². The highest BCUT2D eigenvalue weighted by atomic mass is 35.5. The predicted molar refractivity (Wildman–Crippen MR) is 170 cm³/mol. The summed E-state index contributed by atoms with van der Waals surface area (Å²) >= 11 is 8.93. The first-order valence-electron chi connectivity index (χ1n) is 15.6. The fourth-order valence-electron chi connectivity index (χ4n) is 7.49. The number of carbonyl (C=O) groups excluding carboxylic acids is 1. The largest absolute Gasteiger partial charge is 0.350 e. The van der Waals surface area contributed by atoms with Gasteiger partial charge in [-0.15, -0.1) is 23.4 Å². The maximum absolute atomic E-state index is 12.6. The van der Waals surface area contributed by atoms with E-state index in [1.807, 2.05) is 23.7 Å². The van der Waals surface area contributed by atoms with Gasteiger partial charge >= 0.3 is 0 Å². The first-order chi connectivity index (χ1) is 20.4. The standard InChI is InChI=1S/C32H47ClN6O2S/c1-4-28(40)39-17-16-38(20-24(39)12-14-34)30-26-11-13-32(18-23-9-5-6-10-25(23)29(33)42-32)19-27(26)36-31(37-30)41-21-22(2)8-7-15-35-3/h4-6,9-10,22,24,26-27,29-31,35-37H,1,7-8,11-13,15-21H2,2-3H3/t22?,24?,26?,27?,29?,30?,31?,32-/m0/s1. The van der Waals surface area contributed by atoms with Crippen LogP contribution in [0.1, 0.15) is 61.3 Å². The van der Waals surface area contributed by atoms with Gasteiger partial charge < -0.3 is 15.0 Å². The number of nitrogens with zero attached hydrogens (tertiary/aromatic N) is 3. The Labute approximate surface area is 260 Å². The number of amides is 1. The summed E-state index contributed by atoms with van der Waals surface area (Å²) in [6.07, 6.45) is 8.05. The van der Waals surface area contributed by atoms with E-state index in [2.05, 4.69) is 64.7 Å². The summed E-state index contributed by atoms with van der Waals surface area (Å²) in [5.74, 6) is 0.760. The Bertz CT molecular complexity index is 1130. The summed E-state index contributed by atoms with van der Waals surface area (Å²) in [7, 11) is 1.99. The fourth-order valence-corrected chi connectivity index (χ4v) is 9.81. The number of alkyl halides is 1. The minimum absolute atomic E-state index is 0.0308. The van der Waals surface area contributed by atoms with Crippen molar-refractivity contribution >= 4 is 29.3 Å². The number of thioether (sulfide) groups is 1. The molecule has 1 aromatic rings. The second kappa shape index (κ2) is 14.4. The van der Waals surface area contributed by atoms with Crippen LogP contribution in [0.3, 0.4) is 0 Å². The molecule has 1 saturated carbocycles. The molecule has 1 aromatic carbocycles. The third-order valence-corrected chi connectivity index (χ3v) is 11.6. The van der Waals surface area contributed by atoms with E-state index >= 15 is 0 Å². The van der Waals surface area contributed by atoms with E-state index in [0.717, 1.165) is 51.6 Å². The highest BCUT2D eigenvalue weighted by Gasteiger charge is 2.51. The molecule has 0 aromatic heterocycles. The first kappa shape index (κ1) is 31.8. The van der Waals surface area contributed by atoms with Gasteiger partial charge in [-0.1, -0.05) is 37.8 Å². The summed E-state index contributed by atoms with van der Waals surface area (Å²) in [5.41, 5.74) is 2.64. The van der Waals surface area contributed by atoms with Crippen molar-refractivity contribution in [1.82, 2.24) is 25.8 Å². The summed E-state index contributed by atoms with van der Waals surface area (Å²) in [6, 6.07) is 11.1. The third-order valence-electron chi connectivity index (χ3n) is 9.66. The smallest absolute Gasteiger partial charge is 0.246 e. The van der Waals surface area contributed by atoms with Crippen molar-refractivity contribution in [3.05, 3.63) is 48.0 Å². The van der Waals surface area contributed by atoms with Crippen molar-refractivity contribution in [2.45, 2.75) is 85.9 Å². The molecule has 42 heavy (non-hydrogen) atoms. The summed E-state index contributed by atoms with van der Waals surface area (Å²) in [6.45, 7) is 9.66. The van der Waals surface area contributed by atoms with E-state index in [9.17, 15) is 10.1 Å². The Hall–Kier alpha value is -1.64. The Balaban J connectivity index is 1.33. The molecule has 3 N–H and O–H groups in total. The highest BCUT2D eigenvalue weighted by Crippen LogP contribution is 2.56. The van der Waals surface area contributed by atoms with Gasteiger partial charge in [-0.25, -0.2) is 0 Å². The number of rotatable bonds is 10. The summed E-state index contributed by atoms with van der Waals surface area (Å²) < 4.78 is 6.58. The lowest BCUT2D eigenvalue weighted by Gasteiger charge is -2.56. The average molecular weight is 615 g/mol. The van der Waals surface area contributed by atoms with Crippen LogP contribution in [0.4, 0.5) is 0 Å². The molecule has 4 aliphatic rings. The zero-order valence-electron chi connectivity index (χ0n) is 25.1. The third kappa shape index (κ3) is 7.18. The van der Waals surface area contributed by atoms with Crippen LogP contribution in [-0.4, -0.2) is 84.9 Å². The van der Waals surface area contributed by atoms with Crippen LogP contribution in [0.25, 0.3) is 0 Å². The van der Waals surface area contributed by atoms with Gasteiger partial charge in [-0.2, -0.15) is 5.26 Å². The van der Waals surface area contributed by atoms with E-state index in [-0.39, 0.29) is 40.0 Å². The Kier molecular flexibility index (Phi) is 10.9. The normalized spacial score (nSPS) is 33.8. The van der Waals surface area contributed by atoms with Crippen LogP contribution in [0.2, 0.25) is 0 Å². The number of halogens is 1. The Morgan fingerprint density at radius 3 is 3.00 bits per heavy atom. The van der Waals surface area contributed by atoms with E-state index < -0.39 is 0 Å². The van der Waals surface area contributed by atoms with Gasteiger partial charge in [0, 0.05) is 36.3 Å². The summed E-state index contributed by atoms with van der Waals surface area (Å²) in [4.78, 5) is 16.8. The van der Waals surface area contributed by atoms with Gasteiger partial charge in [0.05, 0.1) is 31.3 Å². The van der Waals surface area contributed by atoms with Crippen molar-refractivity contribution in [2.75, 3.05) is 39.8 Å². The minimum Gasteiger partial charge on any atom is -0.350 e. The molecule has 0 bridgehead atoms. The molecule has 8 nitrogen and oxygen atoms in total. The van der Waals surface area contributed by atoms with Crippen LogP contribution in [0.15, 0.2) is 36.9 Å². The van der Waals surface area contributed by atoms with Crippen LogP contribution >= 0.6 is 23.4 Å². The number of nitrogens with one attached hydrogen (secondary N) is 3. The predicted octanol–water partition coefficient (Wildman–Crippen LogP) is 4.19. The lowest BCUT2D eigenvalue weighted by atomic mass is 9.72. The Morgan fingerprint density at radius 1 is 1.38 bits per heavy atom. The highest BCUT2D eigenvalue weighted by molar-refractivity contribution is 8.02. The maximum atomic E-state index is 12.6. The van der Waals surface area contributed by atoms with E-state index in [1.54, 1.807) is 0 Å². The molecule has 3 aliphatic heterocycles. The molecule has 7 unspecified atom stereocenters. The molecule has 2 saturated heterocycles. The van der Waals surface area contributed by atoms with Gasteiger partial charge in [0.2, 0.25) is 5.91 Å². The molecule has 8 atom stereocenters. The maximum Gasteiger partial charge on any atom is 0.246 e. The molecule has 10 heteroatoms. The van der Waals surface area contributed by atoms with Crippen molar-refractivity contribution in [3.8, 4) is 6.07 Å². The molecular formula is C32H47ClN6O2S. The SMILES string of the molecule is C=CC(=O)N1CCN(C2NC(OCC(C)CCCNC)NC3C[C@]4(CCC32)Cc2ccccc2C(Cl)S4)CC1CC#N. The molecular weight excluding hydrogens is 568 g/mol. The van der Waals surface area contributed by atoms with Gasteiger partial charge in [0.25, 0.3) is 0 Å². The summed E-state index contributed by atoms with van der Waals surface area (Å²) in [5, 5.41) is 20.5. The number of fused-ring (bicyclic) bond motifs is 2. The lowest BCUT2D eigenvalue weighted by Crippen LogP contribution is -2.72. The van der Waals surface area contributed by atoms with Crippen molar-refractivity contribution < 1.29 is 9.53 Å².